The average molecular weight is 202 g/mol. The molecule has 1 heterocycles. The van der Waals surface area contributed by atoms with Crippen LogP contribution in [0.5, 0.6) is 0 Å². The predicted molar refractivity (Wildman–Crippen MR) is 34.6 cm³/mol. The number of aromatic nitrogens is 1. The minimum atomic E-state index is -3.82. The molecular formula is C3HCl2NO3S. The van der Waals surface area contributed by atoms with E-state index in [4.69, 9.17) is 22.3 Å². The molecule has 0 bridgehead atoms. The summed E-state index contributed by atoms with van der Waals surface area (Å²) < 4.78 is 25.2. The molecular weight excluding hydrogens is 201 g/mol. The molecule has 0 fully saturated rings. The van der Waals surface area contributed by atoms with E-state index in [1.165, 1.54) is 0 Å². The first-order chi connectivity index (χ1) is 4.50. The third-order valence-electron chi connectivity index (χ3n) is 0.697. The van der Waals surface area contributed by atoms with E-state index >= 15 is 0 Å². The Morgan fingerprint density at radius 2 is 2.20 bits per heavy atom. The van der Waals surface area contributed by atoms with Crippen LogP contribution < -0.4 is 0 Å². The summed E-state index contributed by atoms with van der Waals surface area (Å²) in [5.74, 6) is 0. The third-order valence-corrected chi connectivity index (χ3v) is 2.00. The highest BCUT2D eigenvalue weighted by Gasteiger charge is 2.15. The molecule has 1 aromatic rings. The maximum atomic E-state index is 10.4. The van der Waals surface area contributed by atoms with Gasteiger partial charge in [-0.1, -0.05) is 0 Å². The standard InChI is InChI=1S/C3HCl2NO3S/c4-3-6-1-2(9-3)10(5,7)8/h1H. The quantitative estimate of drug-likeness (QED) is 0.643. The molecule has 0 aliphatic rings. The number of hydrogen-bond acceptors (Lipinski definition) is 4. The summed E-state index contributed by atoms with van der Waals surface area (Å²) in [6.07, 6.45) is 0.935. The van der Waals surface area contributed by atoms with Gasteiger partial charge in [-0.2, -0.15) is 0 Å². The van der Waals surface area contributed by atoms with E-state index in [1.54, 1.807) is 0 Å². The maximum Gasteiger partial charge on any atom is 0.296 e. The van der Waals surface area contributed by atoms with Crippen LogP contribution in [0, 0.1) is 0 Å². The lowest BCUT2D eigenvalue weighted by Crippen LogP contribution is -1.85. The lowest BCUT2D eigenvalue weighted by Gasteiger charge is -1.82. The van der Waals surface area contributed by atoms with E-state index in [9.17, 15) is 8.42 Å². The van der Waals surface area contributed by atoms with Crippen molar-refractivity contribution in [2.75, 3.05) is 0 Å². The third kappa shape index (κ3) is 1.62. The van der Waals surface area contributed by atoms with Gasteiger partial charge in [-0.25, -0.2) is 13.4 Å². The van der Waals surface area contributed by atoms with Gasteiger partial charge in [-0.15, -0.1) is 0 Å². The zero-order valence-corrected chi connectivity index (χ0v) is 6.74. The van der Waals surface area contributed by atoms with Crippen LogP contribution in [0.15, 0.2) is 15.7 Å². The van der Waals surface area contributed by atoms with Crippen molar-refractivity contribution in [3.05, 3.63) is 11.5 Å². The lowest BCUT2D eigenvalue weighted by molar-refractivity contribution is 0.453. The highest BCUT2D eigenvalue weighted by atomic mass is 35.7. The van der Waals surface area contributed by atoms with Crippen LogP contribution in [-0.2, 0) is 9.05 Å². The molecule has 0 atom stereocenters. The smallest absolute Gasteiger partial charge is 0.296 e. The van der Waals surface area contributed by atoms with Gasteiger partial charge in [0.05, 0.1) is 6.20 Å². The molecule has 0 aliphatic heterocycles. The van der Waals surface area contributed by atoms with Crippen LogP contribution in [0.3, 0.4) is 0 Å². The monoisotopic (exact) mass is 201 g/mol. The van der Waals surface area contributed by atoms with Crippen LogP contribution in [0.4, 0.5) is 0 Å². The predicted octanol–water partition coefficient (Wildman–Crippen LogP) is 1.26. The minimum absolute atomic E-state index is 0.251. The van der Waals surface area contributed by atoms with Crippen molar-refractivity contribution in [1.82, 2.24) is 4.98 Å². The molecule has 0 aliphatic carbocycles. The van der Waals surface area contributed by atoms with Crippen molar-refractivity contribution in [1.29, 1.82) is 0 Å². The Bertz CT molecular complexity index is 329. The van der Waals surface area contributed by atoms with E-state index in [1.807, 2.05) is 0 Å². The SMILES string of the molecule is O=S(=O)(Cl)c1cnc(Cl)o1. The summed E-state index contributed by atoms with van der Waals surface area (Å²) in [6, 6.07) is 0. The fourth-order valence-electron chi connectivity index (χ4n) is 0.352. The first-order valence-electron chi connectivity index (χ1n) is 2.06. The Balaban J connectivity index is 3.21. The normalized spacial score (nSPS) is 11.8. The molecule has 1 aromatic heterocycles. The van der Waals surface area contributed by atoms with Crippen molar-refractivity contribution in [2.45, 2.75) is 5.09 Å². The van der Waals surface area contributed by atoms with Crippen molar-refractivity contribution < 1.29 is 12.8 Å². The molecule has 10 heavy (non-hydrogen) atoms. The Labute approximate surface area is 66.2 Å². The Kier molecular flexibility index (Phi) is 1.89. The molecule has 0 N–H and O–H groups in total. The molecule has 0 saturated heterocycles. The molecule has 0 radical (unpaired) electrons. The van der Waals surface area contributed by atoms with Gasteiger partial charge in [0, 0.05) is 10.7 Å². The van der Waals surface area contributed by atoms with Gasteiger partial charge in [0.15, 0.2) is 0 Å². The summed E-state index contributed by atoms with van der Waals surface area (Å²) in [7, 11) is 1.03. The van der Waals surface area contributed by atoms with Gasteiger partial charge in [0.2, 0.25) is 0 Å². The second-order valence-electron chi connectivity index (χ2n) is 1.37. The summed E-state index contributed by atoms with van der Waals surface area (Å²) in [6.45, 7) is 0. The first kappa shape index (κ1) is 7.84. The summed E-state index contributed by atoms with van der Waals surface area (Å²) in [5.41, 5.74) is 0. The number of nitrogens with zero attached hydrogens (tertiary/aromatic N) is 1. The van der Waals surface area contributed by atoms with E-state index in [0.29, 0.717) is 0 Å². The average Bonchev–Trinajstić information content (AvgIpc) is 2.11. The Hall–Kier alpha value is -0.260. The molecule has 0 unspecified atom stereocenters. The molecule has 56 valence electrons. The van der Waals surface area contributed by atoms with E-state index in [0.717, 1.165) is 6.20 Å². The zero-order chi connectivity index (χ0) is 7.78. The second kappa shape index (κ2) is 2.41. The Morgan fingerprint density at radius 1 is 1.60 bits per heavy atom. The van der Waals surface area contributed by atoms with Crippen molar-refractivity contribution >= 4 is 31.3 Å². The van der Waals surface area contributed by atoms with Crippen LogP contribution in [0.2, 0.25) is 5.35 Å². The molecule has 0 aromatic carbocycles. The van der Waals surface area contributed by atoms with Crippen molar-refractivity contribution in [2.24, 2.45) is 0 Å². The summed E-state index contributed by atoms with van der Waals surface area (Å²) >= 11 is 5.17. The van der Waals surface area contributed by atoms with Gasteiger partial charge < -0.3 is 4.42 Å². The maximum absolute atomic E-state index is 10.4. The number of oxazole rings is 1. The van der Waals surface area contributed by atoms with Crippen molar-refractivity contribution in [3.8, 4) is 0 Å². The first-order valence-corrected chi connectivity index (χ1v) is 4.75. The number of halogens is 2. The van der Waals surface area contributed by atoms with E-state index in [-0.39, 0.29) is 5.35 Å². The second-order valence-corrected chi connectivity index (χ2v) is 4.19. The molecule has 0 spiro atoms. The van der Waals surface area contributed by atoms with Gasteiger partial charge >= 0.3 is 0 Å². The molecule has 7 heteroatoms. The van der Waals surface area contributed by atoms with E-state index < -0.39 is 14.1 Å². The number of hydrogen-bond donors (Lipinski definition) is 0. The lowest BCUT2D eigenvalue weighted by atomic mass is 11.0. The van der Waals surface area contributed by atoms with Crippen LogP contribution in [-0.4, -0.2) is 13.4 Å². The van der Waals surface area contributed by atoms with Gasteiger partial charge in [-0.3, -0.25) is 0 Å². The van der Waals surface area contributed by atoms with Crippen LogP contribution in [0.25, 0.3) is 0 Å². The highest BCUT2D eigenvalue weighted by Crippen LogP contribution is 2.17. The molecule has 0 saturated carbocycles. The summed E-state index contributed by atoms with van der Waals surface area (Å²) in [4.78, 5) is 3.32. The van der Waals surface area contributed by atoms with Gasteiger partial charge in [0.1, 0.15) is 0 Å². The molecule has 4 nitrogen and oxygen atoms in total. The highest BCUT2D eigenvalue weighted by molar-refractivity contribution is 8.13. The number of rotatable bonds is 1. The zero-order valence-electron chi connectivity index (χ0n) is 4.41. The van der Waals surface area contributed by atoms with Gasteiger partial charge in [0.25, 0.3) is 19.5 Å². The fourth-order valence-corrected chi connectivity index (χ4v) is 1.10. The van der Waals surface area contributed by atoms with Crippen LogP contribution in [0.1, 0.15) is 0 Å². The topological polar surface area (TPSA) is 60.2 Å². The minimum Gasteiger partial charge on any atom is -0.414 e. The van der Waals surface area contributed by atoms with Gasteiger partial charge in [-0.05, 0) is 11.6 Å². The molecule has 0 amide bonds. The summed E-state index contributed by atoms with van der Waals surface area (Å²) in [5, 5.41) is -0.696. The molecule has 1 rings (SSSR count). The fraction of sp³-hybridized carbons (Fsp3) is 0. The van der Waals surface area contributed by atoms with E-state index in [2.05, 4.69) is 9.40 Å². The van der Waals surface area contributed by atoms with Crippen molar-refractivity contribution in [3.63, 3.8) is 0 Å². The largest absolute Gasteiger partial charge is 0.414 e. The van der Waals surface area contributed by atoms with Crippen LogP contribution >= 0.6 is 22.3 Å². The Morgan fingerprint density at radius 3 is 2.40 bits per heavy atom.